The molecule has 2 aromatic carbocycles. The maximum Gasteiger partial charge on any atom is 0.417 e. The number of unbranched alkanes of at least 4 members (excludes halogenated alkanes) is 2. The Morgan fingerprint density at radius 2 is 1.64 bits per heavy atom. The molecule has 0 aliphatic carbocycles. The van der Waals surface area contributed by atoms with Gasteiger partial charge in [-0.3, -0.25) is 0 Å². The lowest BCUT2D eigenvalue weighted by molar-refractivity contribution is -0.137. The highest BCUT2D eigenvalue weighted by molar-refractivity contribution is 8.00. The van der Waals surface area contributed by atoms with Gasteiger partial charge in [0.2, 0.25) is 0 Å². The topological polar surface area (TPSA) is 29.5 Å². The quantitative estimate of drug-likeness (QED) is 0.278. The van der Waals surface area contributed by atoms with Gasteiger partial charge in [0.05, 0.1) is 11.2 Å². The molecule has 198 valence electrons. The van der Waals surface area contributed by atoms with Crippen LogP contribution in [-0.2, 0) is 12.6 Å². The van der Waals surface area contributed by atoms with Crippen LogP contribution in [0.25, 0.3) is 11.6 Å². The van der Waals surface area contributed by atoms with Crippen LogP contribution in [0.15, 0.2) is 53.6 Å². The summed E-state index contributed by atoms with van der Waals surface area (Å²) in [5.41, 5.74) is 0.194. The molecule has 0 saturated heterocycles. The SMILES string of the molecule is C=C1Oc2cc(SC(C)(C)C(C)(C)O)ccc2C=C1c1ccc(CCCCC)cc1C(F)(F)F.CC. The van der Waals surface area contributed by atoms with Crippen LogP contribution < -0.4 is 4.74 Å². The van der Waals surface area contributed by atoms with E-state index in [1.807, 2.05) is 45.9 Å². The molecular weight excluding hydrogens is 481 g/mol. The molecule has 6 heteroatoms. The van der Waals surface area contributed by atoms with E-state index in [-0.39, 0.29) is 11.3 Å². The van der Waals surface area contributed by atoms with Crippen molar-refractivity contribution in [1.82, 2.24) is 0 Å². The minimum Gasteiger partial charge on any atom is -0.457 e. The third kappa shape index (κ3) is 7.19. The molecule has 0 saturated carbocycles. The number of alkyl halides is 3. The number of halogens is 3. The number of aryl methyl sites for hydroxylation is 1. The van der Waals surface area contributed by atoms with Crippen molar-refractivity contribution in [2.45, 2.75) is 95.6 Å². The number of hydrogen-bond acceptors (Lipinski definition) is 3. The molecule has 0 unspecified atom stereocenters. The first kappa shape index (κ1) is 30.0. The molecule has 0 amide bonds. The Bertz CT molecular complexity index is 1090. The Labute approximate surface area is 218 Å². The van der Waals surface area contributed by atoms with E-state index in [1.54, 1.807) is 26.0 Å². The van der Waals surface area contributed by atoms with Crippen LogP contribution in [0.4, 0.5) is 13.2 Å². The number of aliphatic hydroxyl groups is 1. The molecule has 2 aromatic rings. The zero-order chi connectivity index (χ0) is 27.3. The first-order valence-corrected chi connectivity index (χ1v) is 13.4. The third-order valence-electron chi connectivity index (χ3n) is 6.41. The molecule has 1 aliphatic rings. The summed E-state index contributed by atoms with van der Waals surface area (Å²) in [7, 11) is 0. The molecule has 36 heavy (non-hydrogen) atoms. The van der Waals surface area contributed by atoms with Gasteiger partial charge in [0.1, 0.15) is 11.5 Å². The second kappa shape index (κ2) is 11.9. The van der Waals surface area contributed by atoms with Crippen LogP contribution in [0.1, 0.15) is 90.0 Å². The lowest BCUT2D eigenvalue weighted by Gasteiger charge is -2.36. The Kier molecular flexibility index (Phi) is 9.94. The summed E-state index contributed by atoms with van der Waals surface area (Å²) in [4.78, 5) is 0.892. The summed E-state index contributed by atoms with van der Waals surface area (Å²) in [6.07, 6.45) is 0.715. The molecule has 1 heterocycles. The van der Waals surface area contributed by atoms with E-state index in [2.05, 4.69) is 13.5 Å². The van der Waals surface area contributed by atoms with E-state index >= 15 is 0 Å². The van der Waals surface area contributed by atoms with Gasteiger partial charge < -0.3 is 9.84 Å². The van der Waals surface area contributed by atoms with Crippen LogP contribution in [0, 0.1) is 0 Å². The molecule has 1 aliphatic heterocycles. The number of rotatable bonds is 8. The van der Waals surface area contributed by atoms with Crippen molar-refractivity contribution >= 4 is 23.4 Å². The van der Waals surface area contributed by atoms with Gasteiger partial charge in [-0.1, -0.05) is 58.4 Å². The normalized spacial score (nSPS) is 13.9. The molecule has 3 rings (SSSR count). The summed E-state index contributed by atoms with van der Waals surface area (Å²) < 4.78 is 47.4. The summed E-state index contributed by atoms with van der Waals surface area (Å²) in [6, 6.07) is 10.1. The molecule has 2 nitrogen and oxygen atoms in total. The summed E-state index contributed by atoms with van der Waals surface area (Å²) in [5.74, 6) is 0.718. The van der Waals surface area contributed by atoms with E-state index in [1.165, 1.54) is 23.9 Å². The summed E-state index contributed by atoms with van der Waals surface area (Å²) in [6.45, 7) is 17.4. The maximum absolute atomic E-state index is 14.0. The highest BCUT2D eigenvalue weighted by Crippen LogP contribution is 2.45. The van der Waals surface area contributed by atoms with Crippen LogP contribution in [0.2, 0.25) is 0 Å². The minimum absolute atomic E-state index is 0.0732. The van der Waals surface area contributed by atoms with Gasteiger partial charge in [-0.05, 0) is 75.9 Å². The smallest absolute Gasteiger partial charge is 0.417 e. The molecule has 0 spiro atoms. The fourth-order valence-corrected chi connectivity index (χ4v) is 4.79. The van der Waals surface area contributed by atoms with E-state index in [0.29, 0.717) is 28.9 Å². The number of ether oxygens (including phenoxy) is 1. The van der Waals surface area contributed by atoms with Crippen LogP contribution in [-0.4, -0.2) is 15.5 Å². The average molecular weight is 521 g/mol. The molecular formula is C30H39F3O2S. The second-order valence-corrected chi connectivity index (χ2v) is 11.5. The van der Waals surface area contributed by atoms with Gasteiger partial charge in [-0.25, -0.2) is 0 Å². The van der Waals surface area contributed by atoms with Crippen LogP contribution in [0.5, 0.6) is 5.75 Å². The molecule has 0 atom stereocenters. The summed E-state index contributed by atoms with van der Waals surface area (Å²) in [5, 5.41) is 10.5. The minimum atomic E-state index is -4.49. The first-order valence-electron chi connectivity index (χ1n) is 12.6. The number of fused-ring (bicyclic) bond motifs is 1. The van der Waals surface area contributed by atoms with Crippen molar-refractivity contribution < 1.29 is 23.0 Å². The van der Waals surface area contributed by atoms with Gasteiger partial charge in [-0.2, -0.15) is 13.2 Å². The summed E-state index contributed by atoms with van der Waals surface area (Å²) >= 11 is 1.51. The number of hydrogen-bond donors (Lipinski definition) is 1. The fourth-order valence-electron chi connectivity index (χ4n) is 3.65. The van der Waals surface area contributed by atoms with Gasteiger partial charge in [-0.15, -0.1) is 11.8 Å². The predicted octanol–water partition coefficient (Wildman–Crippen LogP) is 9.55. The Hall–Kier alpha value is -2.18. The van der Waals surface area contributed by atoms with Crippen LogP contribution in [0.3, 0.4) is 0 Å². The standard InChI is InChI=1S/C28H33F3O2S.C2H6/c1-7-8-9-10-19-11-14-22(24(15-19)28(29,30)31)23-16-20-12-13-21(17-25(20)33-18(23)2)34-27(5,6)26(3,4)32;1-2/h11-17,32H,2,7-10H2,1,3-6H3;1-2H3. The Balaban J connectivity index is 0.00000222. The Morgan fingerprint density at radius 1 is 0.972 bits per heavy atom. The van der Waals surface area contributed by atoms with Crippen molar-refractivity contribution in [1.29, 1.82) is 0 Å². The van der Waals surface area contributed by atoms with E-state index in [0.717, 1.165) is 24.2 Å². The lowest BCUT2D eigenvalue weighted by atomic mass is 9.92. The van der Waals surface area contributed by atoms with Gasteiger partial charge in [0, 0.05) is 20.8 Å². The van der Waals surface area contributed by atoms with Gasteiger partial charge in [0.15, 0.2) is 0 Å². The Morgan fingerprint density at radius 3 is 2.22 bits per heavy atom. The van der Waals surface area contributed by atoms with Gasteiger partial charge >= 0.3 is 6.18 Å². The first-order chi connectivity index (χ1) is 16.7. The van der Waals surface area contributed by atoms with Crippen molar-refractivity contribution in [2.24, 2.45) is 0 Å². The number of thioether (sulfide) groups is 1. The largest absolute Gasteiger partial charge is 0.457 e. The monoisotopic (exact) mass is 520 g/mol. The maximum atomic E-state index is 14.0. The highest BCUT2D eigenvalue weighted by atomic mass is 32.2. The van der Waals surface area contributed by atoms with Crippen molar-refractivity contribution in [3.05, 3.63) is 71.0 Å². The number of benzene rings is 2. The highest BCUT2D eigenvalue weighted by Gasteiger charge is 2.37. The van der Waals surface area contributed by atoms with Crippen molar-refractivity contribution in [2.75, 3.05) is 0 Å². The molecule has 0 fully saturated rings. The molecule has 1 N–H and O–H groups in total. The van der Waals surface area contributed by atoms with Crippen molar-refractivity contribution in [3.8, 4) is 5.75 Å². The van der Waals surface area contributed by atoms with Crippen molar-refractivity contribution in [3.63, 3.8) is 0 Å². The van der Waals surface area contributed by atoms with E-state index in [9.17, 15) is 18.3 Å². The average Bonchev–Trinajstić information content (AvgIpc) is 2.78. The van der Waals surface area contributed by atoms with Crippen LogP contribution >= 0.6 is 11.8 Å². The molecule has 0 bridgehead atoms. The molecule has 0 radical (unpaired) electrons. The van der Waals surface area contributed by atoms with Gasteiger partial charge in [0.25, 0.3) is 0 Å². The number of allylic oxidation sites excluding steroid dienone is 1. The zero-order valence-electron chi connectivity index (χ0n) is 22.5. The van der Waals surface area contributed by atoms with E-state index < -0.39 is 22.1 Å². The zero-order valence-corrected chi connectivity index (χ0v) is 23.3. The second-order valence-electron chi connectivity index (χ2n) is 9.79. The van der Waals surface area contributed by atoms with E-state index in [4.69, 9.17) is 4.74 Å². The lowest BCUT2D eigenvalue weighted by Crippen LogP contribution is -2.42. The predicted molar refractivity (Wildman–Crippen MR) is 146 cm³/mol. The molecule has 0 aromatic heterocycles. The third-order valence-corrected chi connectivity index (χ3v) is 7.91. The fraction of sp³-hybridized carbons (Fsp3) is 0.467.